The molecule has 1 nitrogen and oxygen atoms in total. The van der Waals surface area contributed by atoms with Gasteiger partial charge in [-0.2, -0.15) is 13.2 Å². The summed E-state index contributed by atoms with van der Waals surface area (Å²) >= 11 is 0. The average molecular weight is 211 g/mol. The summed E-state index contributed by atoms with van der Waals surface area (Å²) in [7, 11) is 0. The van der Waals surface area contributed by atoms with Crippen molar-refractivity contribution in [3.8, 4) is 0 Å². The molecule has 0 saturated carbocycles. The molecule has 4 heteroatoms. The first-order valence-electron chi connectivity index (χ1n) is 4.92. The van der Waals surface area contributed by atoms with E-state index in [0.29, 0.717) is 6.42 Å². The van der Waals surface area contributed by atoms with Gasteiger partial charge >= 0.3 is 6.18 Å². The molecule has 0 aromatic heterocycles. The van der Waals surface area contributed by atoms with E-state index in [2.05, 4.69) is 0 Å². The first-order valence-corrected chi connectivity index (χ1v) is 4.92. The van der Waals surface area contributed by atoms with E-state index < -0.39 is 12.6 Å². The highest BCUT2D eigenvalue weighted by atomic mass is 19.4. The van der Waals surface area contributed by atoms with E-state index in [0.717, 1.165) is 6.42 Å². The Balaban J connectivity index is 3.60. The van der Waals surface area contributed by atoms with Crippen LogP contribution in [-0.4, -0.2) is 12.2 Å². The van der Waals surface area contributed by atoms with Crippen molar-refractivity contribution in [1.29, 1.82) is 0 Å². The van der Waals surface area contributed by atoms with Gasteiger partial charge in [0.1, 0.15) is 0 Å². The lowest BCUT2D eigenvalue weighted by atomic mass is 9.87. The fourth-order valence-corrected chi connectivity index (χ4v) is 1.45. The van der Waals surface area contributed by atoms with Crippen molar-refractivity contribution in [2.45, 2.75) is 58.7 Å². The van der Waals surface area contributed by atoms with Gasteiger partial charge in [0, 0.05) is 12.5 Å². The fraction of sp³-hybridized carbons (Fsp3) is 1.00. The number of hydrogen-bond donors (Lipinski definition) is 1. The summed E-state index contributed by atoms with van der Waals surface area (Å²) in [6, 6.07) is -0.114. The van der Waals surface area contributed by atoms with Crippen LogP contribution in [0.25, 0.3) is 0 Å². The molecule has 0 aliphatic rings. The van der Waals surface area contributed by atoms with E-state index in [4.69, 9.17) is 5.73 Å². The van der Waals surface area contributed by atoms with Crippen LogP contribution in [0.1, 0.15) is 46.5 Å². The minimum absolute atomic E-state index is 0.0949. The van der Waals surface area contributed by atoms with Gasteiger partial charge in [0.25, 0.3) is 0 Å². The third-order valence-corrected chi connectivity index (χ3v) is 1.91. The highest BCUT2D eigenvalue weighted by molar-refractivity contribution is 4.71. The second-order valence-electron chi connectivity index (χ2n) is 5.03. The number of hydrogen-bond acceptors (Lipinski definition) is 1. The summed E-state index contributed by atoms with van der Waals surface area (Å²) in [6.45, 7) is 6.11. The Morgan fingerprint density at radius 1 is 1.14 bits per heavy atom. The van der Waals surface area contributed by atoms with Crippen LogP contribution < -0.4 is 5.73 Å². The van der Waals surface area contributed by atoms with E-state index in [1.54, 1.807) is 0 Å². The molecule has 0 rings (SSSR count). The molecule has 0 aliphatic heterocycles. The zero-order valence-electron chi connectivity index (χ0n) is 9.12. The van der Waals surface area contributed by atoms with Crippen LogP contribution in [-0.2, 0) is 0 Å². The highest BCUT2D eigenvalue weighted by Gasteiger charge is 2.26. The normalized spacial score (nSPS) is 15.6. The molecular formula is C10H20F3N. The van der Waals surface area contributed by atoms with Crippen LogP contribution in [0, 0.1) is 5.41 Å². The van der Waals surface area contributed by atoms with Gasteiger partial charge in [0.05, 0.1) is 0 Å². The topological polar surface area (TPSA) is 26.0 Å². The Labute approximate surface area is 83.9 Å². The van der Waals surface area contributed by atoms with E-state index in [1.807, 2.05) is 20.8 Å². The molecular weight excluding hydrogens is 191 g/mol. The van der Waals surface area contributed by atoms with E-state index in [-0.39, 0.29) is 17.9 Å². The number of rotatable bonds is 4. The lowest BCUT2D eigenvalue weighted by molar-refractivity contribution is -0.135. The second kappa shape index (κ2) is 5.01. The number of halogens is 3. The van der Waals surface area contributed by atoms with Crippen LogP contribution in [0.5, 0.6) is 0 Å². The van der Waals surface area contributed by atoms with E-state index >= 15 is 0 Å². The maximum Gasteiger partial charge on any atom is 0.389 e. The van der Waals surface area contributed by atoms with Gasteiger partial charge in [-0.3, -0.25) is 0 Å². The molecule has 1 atom stereocenters. The van der Waals surface area contributed by atoms with Gasteiger partial charge in [-0.15, -0.1) is 0 Å². The van der Waals surface area contributed by atoms with Gasteiger partial charge in [0.15, 0.2) is 0 Å². The molecule has 0 amide bonds. The maximum atomic E-state index is 11.8. The summed E-state index contributed by atoms with van der Waals surface area (Å²) in [6.07, 6.45) is -3.39. The zero-order chi connectivity index (χ0) is 11.4. The number of nitrogens with two attached hydrogens (primary N) is 1. The van der Waals surface area contributed by atoms with Gasteiger partial charge in [0.2, 0.25) is 0 Å². The summed E-state index contributed by atoms with van der Waals surface area (Å²) in [5.74, 6) is 0. The quantitative estimate of drug-likeness (QED) is 0.757. The van der Waals surface area contributed by atoms with Crippen LogP contribution in [0.4, 0.5) is 13.2 Å². The predicted molar refractivity (Wildman–Crippen MR) is 52.0 cm³/mol. The predicted octanol–water partition coefficient (Wildman–Crippen LogP) is 3.48. The number of alkyl halides is 3. The Bertz CT molecular complexity index is 158. The SMILES string of the molecule is CC(C)(C)CC(N)CCCC(F)(F)F. The first kappa shape index (κ1) is 13.8. The Morgan fingerprint density at radius 2 is 1.64 bits per heavy atom. The Hall–Kier alpha value is -0.250. The largest absolute Gasteiger partial charge is 0.389 e. The van der Waals surface area contributed by atoms with Gasteiger partial charge in [-0.25, -0.2) is 0 Å². The minimum Gasteiger partial charge on any atom is -0.328 e. The van der Waals surface area contributed by atoms with E-state index in [1.165, 1.54) is 0 Å². The molecule has 0 aromatic rings. The molecule has 0 bridgehead atoms. The maximum absolute atomic E-state index is 11.8. The fourth-order valence-electron chi connectivity index (χ4n) is 1.45. The molecule has 0 aliphatic carbocycles. The molecule has 2 N–H and O–H groups in total. The molecule has 0 saturated heterocycles. The summed E-state index contributed by atoms with van der Waals surface area (Å²) in [5.41, 5.74) is 5.82. The molecule has 0 heterocycles. The van der Waals surface area contributed by atoms with Crippen molar-refractivity contribution in [2.24, 2.45) is 11.1 Å². The van der Waals surface area contributed by atoms with Crippen molar-refractivity contribution in [3.63, 3.8) is 0 Å². The average Bonchev–Trinajstić information content (AvgIpc) is 1.78. The summed E-state index contributed by atoms with van der Waals surface area (Å²) in [4.78, 5) is 0. The van der Waals surface area contributed by atoms with Crippen molar-refractivity contribution in [3.05, 3.63) is 0 Å². The van der Waals surface area contributed by atoms with Crippen molar-refractivity contribution in [1.82, 2.24) is 0 Å². The smallest absolute Gasteiger partial charge is 0.328 e. The van der Waals surface area contributed by atoms with Crippen molar-refractivity contribution in [2.75, 3.05) is 0 Å². The molecule has 86 valence electrons. The van der Waals surface area contributed by atoms with Crippen LogP contribution in [0.2, 0.25) is 0 Å². The van der Waals surface area contributed by atoms with Gasteiger partial charge in [-0.05, 0) is 24.7 Å². The van der Waals surface area contributed by atoms with Crippen LogP contribution in [0.3, 0.4) is 0 Å². The lowest BCUT2D eigenvalue weighted by Crippen LogP contribution is -2.26. The zero-order valence-corrected chi connectivity index (χ0v) is 9.12. The molecule has 0 radical (unpaired) electrons. The van der Waals surface area contributed by atoms with Gasteiger partial charge in [-0.1, -0.05) is 20.8 Å². The summed E-state index contributed by atoms with van der Waals surface area (Å²) in [5, 5.41) is 0. The lowest BCUT2D eigenvalue weighted by Gasteiger charge is -2.23. The first-order chi connectivity index (χ1) is 6.10. The molecule has 0 spiro atoms. The molecule has 1 unspecified atom stereocenters. The van der Waals surface area contributed by atoms with Crippen molar-refractivity contribution < 1.29 is 13.2 Å². The summed E-state index contributed by atoms with van der Waals surface area (Å²) < 4.78 is 35.4. The minimum atomic E-state index is -4.04. The Kier molecular flexibility index (Phi) is 4.92. The highest BCUT2D eigenvalue weighted by Crippen LogP contribution is 2.25. The third-order valence-electron chi connectivity index (χ3n) is 1.91. The third kappa shape index (κ3) is 9.84. The monoisotopic (exact) mass is 211 g/mol. The second-order valence-corrected chi connectivity index (χ2v) is 5.03. The van der Waals surface area contributed by atoms with Crippen LogP contribution >= 0.6 is 0 Å². The van der Waals surface area contributed by atoms with Gasteiger partial charge < -0.3 is 5.73 Å². The molecule has 14 heavy (non-hydrogen) atoms. The molecule has 0 fully saturated rings. The van der Waals surface area contributed by atoms with E-state index in [9.17, 15) is 13.2 Å². The molecule has 0 aromatic carbocycles. The van der Waals surface area contributed by atoms with Crippen molar-refractivity contribution >= 4 is 0 Å². The van der Waals surface area contributed by atoms with Crippen LogP contribution in [0.15, 0.2) is 0 Å². The Morgan fingerprint density at radius 3 is 2.00 bits per heavy atom. The standard InChI is InChI=1S/C10H20F3N/c1-9(2,3)7-8(14)5-4-6-10(11,12)13/h8H,4-7,14H2,1-3H3.